The maximum atomic E-state index is 12.9. The van der Waals surface area contributed by atoms with Crippen molar-refractivity contribution < 1.29 is 27.5 Å². The fourth-order valence-electron chi connectivity index (χ4n) is 1.16. The Bertz CT molecular complexity index is 479. The van der Waals surface area contributed by atoms with Crippen molar-refractivity contribution in [2.24, 2.45) is 16.8 Å². The minimum absolute atomic E-state index is 0.0215. The van der Waals surface area contributed by atoms with E-state index in [2.05, 4.69) is 21.1 Å². The minimum atomic E-state index is -4.71. The van der Waals surface area contributed by atoms with E-state index in [1.807, 2.05) is 0 Å². The number of alkyl halides is 3. The summed E-state index contributed by atoms with van der Waals surface area (Å²) < 4.78 is 55.6. The molecule has 0 radical (unpaired) electrons. The maximum Gasteiger partial charge on any atom is 0.402 e. The Kier molecular flexibility index (Phi) is 4.98. The van der Waals surface area contributed by atoms with Gasteiger partial charge in [-0.15, -0.1) is 0 Å². The van der Waals surface area contributed by atoms with Gasteiger partial charge in [0.1, 0.15) is 24.1 Å². The van der Waals surface area contributed by atoms with Gasteiger partial charge in [-0.25, -0.2) is 4.39 Å². The van der Waals surface area contributed by atoms with Gasteiger partial charge in [0.25, 0.3) is 0 Å². The number of benzene rings is 1. The van der Waals surface area contributed by atoms with Crippen LogP contribution in [0.15, 0.2) is 27.8 Å². The van der Waals surface area contributed by atoms with E-state index in [1.54, 1.807) is 0 Å². The molecule has 0 aliphatic carbocycles. The first-order chi connectivity index (χ1) is 8.75. The molecule has 1 aromatic carbocycles. The van der Waals surface area contributed by atoms with Gasteiger partial charge in [-0.2, -0.15) is 13.2 Å². The van der Waals surface area contributed by atoms with Crippen molar-refractivity contribution in [3.63, 3.8) is 0 Å². The molecule has 0 bridgehead atoms. The second-order valence-corrected chi connectivity index (χ2v) is 4.36. The Morgan fingerprint density at radius 1 is 1.47 bits per heavy atom. The van der Waals surface area contributed by atoms with Crippen LogP contribution >= 0.6 is 15.9 Å². The van der Waals surface area contributed by atoms with Crippen LogP contribution in [0.2, 0.25) is 0 Å². The smallest absolute Gasteiger partial charge is 0.402 e. The van der Waals surface area contributed by atoms with Gasteiger partial charge in [-0.3, -0.25) is 0 Å². The lowest BCUT2D eigenvalue weighted by atomic mass is 10.1. The monoisotopic (exact) mass is 344 g/mol. The number of rotatable bonds is 4. The summed E-state index contributed by atoms with van der Waals surface area (Å²) in [7, 11) is 0. The van der Waals surface area contributed by atoms with Crippen molar-refractivity contribution in [1.29, 1.82) is 0 Å². The SMILES string of the molecule is N/C(=N/O)C(COc1ccc(F)c(Br)c1)C(F)(F)F. The van der Waals surface area contributed by atoms with Crippen molar-refractivity contribution in [3.05, 3.63) is 28.5 Å². The van der Waals surface area contributed by atoms with Crippen LogP contribution in [-0.4, -0.2) is 23.8 Å². The fourth-order valence-corrected chi connectivity index (χ4v) is 1.52. The Morgan fingerprint density at radius 2 is 2.11 bits per heavy atom. The lowest BCUT2D eigenvalue weighted by molar-refractivity contribution is -0.162. The molecule has 0 spiro atoms. The number of oxime groups is 1. The number of nitrogens with two attached hydrogens (primary N) is 1. The molecule has 1 rings (SSSR count). The van der Waals surface area contributed by atoms with Crippen LogP contribution in [0.5, 0.6) is 5.75 Å². The van der Waals surface area contributed by atoms with Gasteiger partial charge < -0.3 is 15.7 Å². The van der Waals surface area contributed by atoms with E-state index in [0.717, 1.165) is 6.07 Å². The quantitative estimate of drug-likeness (QED) is 0.290. The van der Waals surface area contributed by atoms with Crippen molar-refractivity contribution in [2.45, 2.75) is 6.18 Å². The summed E-state index contributed by atoms with van der Waals surface area (Å²) in [5, 5.41) is 10.6. The zero-order valence-electron chi connectivity index (χ0n) is 9.29. The van der Waals surface area contributed by atoms with Gasteiger partial charge in [0.15, 0.2) is 5.84 Å². The number of halogens is 5. The molecule has 1 atom stereocenters. The van der Waals surface area contributed by atoms with Gasteiger partial charge in [-0.05, 0) is 34.1 Å². The molecule has 1 unspecified atom stereocenters. The Balaban J connectivity index is 2.79. The molecule has 0 aliphatic rings. The van der Waals surface area contributed by atoms with Gasteiger partial charge in [-0.1, -0.05) is 5.16 Å². The van der Waals surface area contributed by atoms with Crippen LogP contribution in [0.4, 0.5) is 17.6 Å². The van der Waals surface area contributed by atoms with Crippen LogP contribution in [0, 0.1) is 11.7 Å². The molecule has 0 heterocycles. The van der Waals surface area contributed by atoms with Crippen molar-refractivity contribution in [1.82, 2.24) is 0 Å². The van der Waals surface area contributed by atoms with E-state index >= 15 is 0 Å². The highest BCUT2D eigenvalue weighted by Gasteiger charge is 2.43. The van der Waals surface area contributed by atoms with Crippen molar-refractivity contribution in [3.8, 4) is 5.75 Å². The summed E-state index contributed by atoms with van der Waals surface area (Å²) >= 11 is 2.87. The van der Waals surface area contributed by atoms with Gasteiger partial charge in [0.2, 0.25) is 0 Å². The Labute approximate surface area is 114 Å². The highest BCUT2D eigenvalue weighted by Crippen LogP contribution is 2.28. The summed E-state index contributed by atoms with van der Waals surface area (Å²) in [6, 6.07) is 3.38. The molecular formula is C10H9BrF4N2O2. The van der Waals surface area contributed by atoms with Crippen LogP contribution in [0.1, 0.15) is 0 Å². The predicted octanol–water partition coefficient (Wildman–Crippen LogP) is 2.89. The Hall–Kier alpha value is -1.51. The highest BCUT2D eigenvalue weighted by molar-refractivity contribution is 9.10. The third-order valence-electron chi connectivity index (χ3n) is 2.18. The number of ether oxygens (including phenoxy) is 1. The summed E-state index contributed by atoms with van der Waals surface area (Å²) in [4.78, 5) is 0. The third-order valence-corrected chi connectivity index (χ3v) is 2.78. The van der Waals surface area contributed by atoms with Crippen LogP contribution in [0.3, 0.4) is 0 Å². The second kappa shape index (κ2) is 6.09. The molecule has 0 aliphatic heterocycles. The maximum absolute atomic E-state index is 12.9. The average Bonchev–Trinajstić information content (AvgIpc) is 2.31. The molecule has 106 valence electrons. The van der Waals surface area contributed by atoms with Gasteiger partial charge in [0.05, 0.1) is 4.47 Å². The van der Waals surface area contributed by atoms with Crippen LogP contribution < -0.4 is 10.5 Å². The summed E-state index contributed by atoms with van der Waals surface area (Å²) in [5.41, 5.74) is 4.95. The Morgan fingerprint density at radius 3 is 2.58 bits per heavy atom. The number of hydrogen-bond donors (Lipinski definition) is 2. The molecule has 0 aromatic heterocycles. The van der Waals surface area contributed by atoms with E-state index in [4.69, 9.17) is 15.7 Å². The molecule has 19 heavy (non-hydrogen) atoms. The lowest BCUT2D eigenvalue weighted by Gasteiger charge is -2.19. The van der Waals surface area contributed by atoms with E-state index in [0.29, 0.717) is 0 Å². The summed E-state index contributed by atoms with van der Waals surface area (Å²) in [5.74, 6) is -3.81. The molecule has 4 nitrogen and oxygen atoms in total. The fraction of sp³-hybridized carbons (Fsp3) is 0.300. The van der Waals surface area contributed by atoms with E-state index in [9.17, 15) is 17.6 Å². The standard InChI is InChI=1S/C10H9BrF4N2O2/c11-7-3-5(1-2-8(7)12)19-4-6(9(16)17-18)10(13,14)15/h1-3,6,18H,4H2,(H2,16,17). The average molecular weight is 345 g/mol. The van der Waals surface area contributed by atoms with E-state index < -0.39 is 30.4 Å². The lowest BCUT2D eigenvalue weighted by Crippen LogP contribution is -2.40. The first-order valence-corrected chi connectivity index (χ1v) is 5.67. The molecule has 0 amide bonds. The molecule has 0 saturated carbocycles. The normalized spacial score (nSPS) is 14.3. The van der Waals surface area contributed by atoms with Crippen LogP contribution in [0.25, 0.3) is 0 Å². The number of nitrogens with zero attached hydrogens (tertiary/aromatic N) is 1. The van der Waals surface area contributed by atoms with E-state index in [-0.39, 0.29) is 10.2 Å². The zero-order chi connectivity index (χ0) is 14.6. The molecule has 9 heteroatoms. The van der Waals surface area contributed by atoms with Crippen LogP contribution in [-0.2, 0) is 0 Å². The topological polar surface area (TPSA) is 67.8 Å². The highest BCUT2D eigenvalue weighted by atomic mass is 79.9. The van der Waals surface area contributed by atoms with Crippen molar-refractivity contribution in [2.75, 3.05) is 6.61 Å². The van der Waals surface area contributed by atoms with Crippen molar-refractivity contribution >= 4 is 21.8 Å². The third kappa shape index (κ3) is 4.27. The summed E-state index contributed by atoms with van der Waals surface area (Å²) in [6.45, 7) is -0.878. The second-order valence-electron chi connectivity index (χ2n) is 3.51. The van der Waals surface area contributed by atoms with E-state index in [1.165, 1.54) is 12.1 Å². The number of hydrogen-bond acceptors (Lipinski definition) is 3. The molecule has 0 fully saturated rings. The van der Waals surface area contributed by atoms with Gasteiger partial charge >= 0.3 is 6.18 Å². The zero-order valence-corrected chi connectivity index (χ0v) is 10.9. The number of amidine groups is 1. The molecule has 0 saturated heterocycles. The predicted molar refractivity (Wildman–Crippen MR) is 62.5 cm³/mol. The molecule has 3 N–H and O–H groups in total. The van der Waals surface area contributed by atoms with Gasteiger partial charge in [0, 0.05) is 0 Å². The first-order valence-electron chi connectivity index (χ1n) is 4.87. The molecule has 1 aromatic rings. The minimum Gasteiger partial charge on any atom is -0.492 e. The first kappa shape index (κ1) is 15.5. The largest absolute Gasteiger partial charge is 0.492 e. The molecular weight excluding hydrogens is 336 g/mol. The summed E-state index contributed by atoms with van der Waals surface area (Å²) in [6.07, 6.45) is -4.71.